The van der Waals surface area contributed by atoms with Crippen LogP contribution >= 0.6 is 0 Å². The third-order valence-electron chi connectivity index (χ3n) is 5.94. The van der Waals surface area contributed by atoms with Crippen LogP contribution in [0.3, 0.4) is 0 Å². The van der Waals surface area contributed by atoms with Gasteiger partial charge in [0, 0.05) is 24.0 Å². The van der Waals surface area contributed by atoms with Gasteiger partial charge in [-0.3, -0.25) is 4.72 Å². The molecule has 4 nitrogen and oxygen atoms in total. The second-order valence-electron chi connectivity index (χ2n) is 7.98. The molecule has 3 aromatic carbocycles. The van der Waals surface area contributed by atoms with Crippen molar-refractivity contribution in [1.29, 1.82) is 0 Å². The van der Waals surface area contributed by atoms with Gasteiger partial charge < -0.3 is 4.90 Å². The van der Waals surface area contributed by atoms with E-state index in [4.69, 9.17) is 0 Å². The summed E-state index contributed by atoms with van der Waals surface area (Å²) in [6, 6.07) is 23.7. The van der Waals surface area contributed by atoms with Crippen LogP contribution in [0.25, 0.3) is 10.8 Å². The summed E-state index contributed by atoms with van der Waals surface area (Å²) < 4.78 is 25.3. The zero-order chi connectivity index (χ0) is 20.4. The first-order valence-electron chi connectivity index (χ1n) is 10.3. The lowest BCUT2D eigenvalue weighted by atomic mass is 9.97. The first kappa shape index (κ1) is 19.8. The topological polar surface area (TPSA) is 49.4 Å². The van der Waals surface area contributed by atoms with E-state index in [1.165, 1.54) is 34.7 Å². The number of benzene rings is 3. The average molecular weight is 409 g/mol. The zero-order valence-electron chi connectivity index (χ0n) is 17.0. The Morgan fingerprint density at radius 2 is 1.69 bits per heavy atom. The van der Waals surface area contributed by atoms with Crippen molar-refractivity contribution < 1.29 is 8.42 Å². The molecule has 2 unspecified atom stereocenters. The normalized spacial score (nSPS) is 19.4. The average Bonchev–Trinajstić information content (AvgIpc) is 3.17. The lowest BCUT2D eigenvalue weighted by molar-refractivity contribution is 0.607. The van der Waals surface area contributed by atoms with Crippen molar-refractivity contribution in [3.8, 4) is 0 Å². The Balaban J connectivity index is 1.48. The van der Waals surface area contributed by atoms with Crippen LogP contribution in [0.5, 0.6) is 0 Å². The first-order chi connectivity index (χ1) is 13.9. The molecule has 0 bridgehead atoms. The molecule has 2 atom stereocenters. The Kier molecular flexibility index (Phi) is 5.50. The van der Waals surface area contributed by atoms with Crippen molar-refractivity contribution >= 4 is 32.2 Å². The molecule has 1 N–H and O–H groups in total. The van der Waals surface area contributed by atoms with Crippen molar-refractivity contribution in [2.24, 2.45) is 0 Å². The smallest absolute Gasteiger partial charge is 0.229 e. The number of sulfonamides is 1. The molecule has 3 aromatic rings. The maximum absolute atomic E-state index is 11.4. The van der Waals surface area contributed by atoms with E-state index in [1.54, 1.807) is 0 Å². The predicted octanol–water partition coefficient (Wildman–Crippen LogP) is 5.37. The molecule has 0 aliphatic heterocycles. The highest BCUT2D eigenvalue weighted by atomic mass is 32.2. The Morgan fingerprint density at radius 1 is 0.966 bits per heavy atom. The van der Waals surface area contributed by atoms with Gasteiger partial charge in [-0.2, -0.15) is 0 Å². The van der Waals surface area contributed by atoms with Crippen LogP contribution in [0, 0.1) is 0 Å². The van der Waals surface area contributed by atoms with Crippen molar-refractivity contribution in [3.05, 3.63) is 72.3 Å². The maximum Gasteiger partial charge on any atom is 0.229 e. The summed E-state index contributed by atoms with van der Waals surface area (Å²) in [5.41, 5.74) is 3.21. The number of fused-ring (bicyclic) bond motifs is 1. The van der Waals surface area contributed by atoms with E-state index in [-0.39, 0.29) is 0 Å². The summed E-state index contributed by atoms with van der Waals surface area (Å²) in [6.07, 6.45) is 4.64. The summed E-state index contributed by atoms with van der Waals surface area (Å²) in [4.78, 5) is 2.53. The Morgan fingerprint density at radius 3 is 2.38 bits per heavy atom. The van der Waals surface area contributed by atoms with Crippen LogP contribution in [0.2, 0.25) is 0 Å². The molecule has 0 amide bonds. The maximum atomic E-state index is 11.4. The van der Waals surface area contributed by atoms with E-state index in [2.05, 4.69) is 71.1 Å². The molecule has 1 saturated carbocycles. The molecule has 0 radical (unpaired) electrons. The molecular weight excluding hydrogens is 380 g/mol. The molecule has 152 valence electrons. The molecule has 4 rings (SSSR count). The van der Waals surface area contributed by atoms with Crippen molar-refractivity contribution in [1.82, 2.24) is 0 Å². The monoisotopic (exact) mass is 408 g/mol. The standard InChI is InChI=1S/C24H28N2O2S/c1-3-26(23-14-10-18-6-4-5-7-20(18)16-23)24-15-11-21(17-24)19-8-12-22(13-9-19)25-29(2,27)28/h4-10,12-14,16,21,24-25H,3,11,15,17H2,1-2H3. The second-order valence-corrected chi connectivity index (χ2v) is 9.73. The van der Waals surface area contributed by atoms with Crippen molar-refractivity contribution in [2.45, 2.75) is 38.1 Å². The summed E-state index contributed by atoms with van der Waals surface area (Å²) in [5, 5.41) is 2.56. The number of hydrogen-bond donors (Lipinski definition) is 1. The van der Waals surface area contributed by atoms with Gasteiger partial charge >= 0.3 is 0 Å². The van der Waals surface area contributed by atoms with Gasteiger partial charge in [-0.1, -0.05) is 42.5 Å². The van der Waals surface area contributed by atoms with Gasteiger partial charge in [0.1, 0.15) is 0 Å². The molecule has 0 spiro atoms. The SMILES string of the molecule is CCN(c1ccc2ccccc2c1)C1CCC(c2ccc(NS(C)(=O)=O)cc2)C1. The third kappa shape index (κ3) is 4.56. The molecule has 0 aromatic heterocycles. The fourth-order valence-electron chi connectivity index (χ4n) is 4.59. The highest BCUT2D eigenvalue weighted by molar-refractivity contribution is 7.92. The fourth-order valence-corrected chi connectivity index (χ4v) is 5.15. The van der Waals surface area contributed by atoms with E-state index in [1.807, 2.05) is 12.1 Å². The van der Waals surface area contributed by atoms with Gasteiger partial charge in [-0.15, -0.1) is 0 Å². The molecule has 5 heteroatoms. The summed E-state index contributed by atoms with van der Waals surface area (Å²) in [7, 11) is -3.24. The molecule has 1 fully saturated rings. The number of rotatable bonds is 6. The van der Waals surface area contributed by atoms with Crippen LogP contribution in [0.4, 0.5) is 11.4 Å². The predicted molar refractivity (Wildman–Crippen MR) is 122 cm³/mol. The molecular formula is C24H28N2O2S. The van der Waals surface area contributed by atoms with Crippen LogP contribution < -0.4 is 9.62 Å². The van der Waals surface area contributed by atoms with Crippen LogP contribution in [-0.2, 0) is 10.0 Å². The minimum Gasteiger partial charge on any atom is -0.369 e. The van der Waals surface area contributed by atoms with E-state index in [9.17, 15) is 8.42 Å². The Bertz CT molecular complexity index is 1090. The molecule has 29 heavy (non-hydrogen) atoms. The van der Waals surface area contributed by atoms with Gasteiger partial charge in [0.15, 0.2) is 0 Å². The Labute approximate surface area is 173 Å². The molecule has 1 aliphatic rings. The number of nitrogens with one attached hydrogen (secondary N) is 1. The van der Waals surface area contributed by atoms with Gasteiger partial charge in [0.05, 0.1) is 6.26 Å². The number of nitrogens with zero attached hydrogens (tertiary/aromatic N) is 1. The van der Waals surface area contributed by atoms with E-state index < -0.39 is 10.0 Å². The van der Waals surface area contributed by atoms with Gasteiger partial charge in [0.2, 0.25) is 10.0 Å². The quantitative estimate of drug-likeness (QED) is 0.596. The van der Waals surface area contributed by atoms with Crippen molar-refractivity contribution in [2.75, 3.05) is 22.4 Å². The van der Waals surface area contributed by atoms with E-state index >= 15 is 0 Å². The Hall–Kier alpha value is -2.53. The van der Waals surface area contributed by atoms with Gasteiger partial charge in [-0.25, -0.2) is 8.42 Å². The number of anilines is 2. The molecule has 1 aliphatic carbocycles. The van der Waals surface area contributed by atoms with Gasteiger partial charge in [-0.05, 0) is 72.7 Å². The minimum atomic E-state index is -3.24. The second kappa shape index (κ2) is 8.07. The minimum absolute atomic E-state index is 0.516. The van der Waals surface area contributed by atoms with Crippen molar-refractivity contribution in [3.63, 3.8) is 0 Å². The lowest BCUT2D eigenvalue weighted by Gasteiger charge is -2.30. The third-order valence-corrected chi connectivity index (χ3v) is 6.54. The highest BCUT2D eigenvalue weighted by Crippen LogP contribution is 2.39. The molecule has 0 saturated heterocycles. The lowest BCUT2D eigenvalue weighted by Crippen LogP contribution is -2.33. The fraction of sp³-hybridized carbons (Fsp3) is 0.333. The van der Waals surface area contributed by atoms with Crippen LogP contribution in [0.15, 0.2) is 66.7 Å². The summed E-state index contributed by atoms with van der Waals surface area (Å²) >= 11 is 0. The zero-order valence-corrected chi connectivity index (χ0v) is 17.8. The largest absolute Gasteiger partial charge is 0.369 e. The van der Waals surface area contributed by atoms with E-state index in [0.29, 0.717) is 17.6 Å². The van der Waals surface area contributed by atoms with Gasteiger partial charge in [0.25, 0.3) is 0 Å². The first-order valence-corrected chi connectivity index (χ1v) is 12.2. The molecule has 0 heterocycles. The summed E-state index contributed by atoms with van der Waals surface area (Å²) in [6.45, 7) is 3.22. The van der Waals surface area contributed by atoms with Crippen LogP contribution in [0.1, 0.15) is 37.7 Å². The number of hydrogen-bond acceptors (Lipinski definition) is 3. The van der Waals surface area contributed by atoms with Crippen LogP contribution in [-0.4, -0.2) is 27.3 Å². The van der Waals surface area contributed by atoms with E-state index in [0.717, 1.165) is 19.4 Å². The summed E-state index contributed by atoms with van der Waals surface area (Å²) in [5.74, 6) is 0.516. The highest BCUT2D eigenvalue weighted by Gasteiger charge is 2.29.